The van der Waals surface area contributed by atoms with E-state index in [1.54, 1.807) is 12.1 Å². The Labute approximate surface area is 114 Å². The molecule has 0 amide bonds. The summed E-state index contributed by atoms with van der Waals surface area (Å²) in [5.74, 6) is -1.75. The lowest BCUT2D eigenvalue weighted by molar-refractivity contribution is -0.384. The van der Waals surface area contributed by atoms with Gasteiger partial charge >= 0.3 is 5.97 Å². The molecule has 1 aliphatic rings. The molecule has 0 saturated carbocycles. The van der Waals surface area contributed by atoms with Crippen molar-refractivity contribution >= 4 is 17.4 Å². The fourth-order valence-corrected chi connectivity index (χ4v) is 1.98. The molecule has 7 nitrogen and oxygen atoms in total. The molecule has 1 heterocycles. The van der Waals surface area contributed by atoms with Crippen LogP contribution in [-0.2, 0) is 4.79 Å². The number of carboxylic acid groups (broad SMARTS) is 1. The van der Waals surface area contributed by atoms with Crippen molar-refractivity contribution in [2.24, 2.45) is 5.10 Å². The Balaban J connectivity index is 2.45. The van der Waals surface area contributed by atoms with Gasteiger partial charge in [0.15, 0.2) is 5.71 Å². The molecule has 1 unspecified atom stereocenters. The predicted octanol–water partition coefficient (Wildman–Crippen LogP) is 2.02. The molecule has 0 bridgehead atoms. The lowest BCUT2D eigenvalue weighted by Crippen LogP contribution is -2.28. The van der Waals surface area contributed by atoms with Gasteiger partial charge in [0.05, 0.1) is 10.8 Å². The fraction of sp³-hybridized carbons (Fsp3) is 0.231. The monoisotopic (exact) mass is 275 g/mol. The van der Waals surface area contributed by atoms with Crippen LogP contribution in [-0.4, -0.2) is 21.7 Å². The molecule has 0 saturated heterocycles. The highest BCUT2D eigenvalue weighted by molar-refractivity contribution is 6.38. The van der Waals surface area contributed by atoms with E-state index in [2.05, 4.69) is 10.5 Å². The average Bonchev–Trinajstić information content (AvgIpc) is 2.46. The van der Waals surface area contributed by atoms with E-state index in [9.17, 15) is 20.0 Å². The Bertz CT molecular complexity index is 622. The largest absolute Gasteiger partial charge is 0.477 e. The van der Waals surface area contributed by atoms with E-state index < -0.39 is 16.8 Å². The molecule has 2 rings (SSSR count). The summed E-state index contributed by atoms with van der Waals surface area (Å²) in [5, 5.41) is 23.8. The number of nitro benzene ring substituents is 1. The van der Waals surface area contributed by atoms with Crippen molar-refractivity contribution < 1.29 is 14.8 Å². The third kappa shape index (κ3) is 2.66. The van der Waals surface area contributed by atoms with Crippen LogP contribution in [0.15, 0.2) is 41.1 Å². The summed E-state index contributed by atoms with van der Waals surface area (Å²) in [6.45, 7) is 1.91. The smallest absolute Gasteiger partial charge is 0.353 e. The summed E-state index contributed by atoms with van der Waals surface area (Å²) in [5.41, 5.74) is 3.84. The Hall–Kier alpha value is -2.70. The van der Waals surface area contributed by atoms with Gasteiger partial charge in [0, 0.05) is 17.8 Å². The maximum Gasteiger partial charge on any atom is 0.353 e. The quantitative estimate of drug-likeness (QED) is 0.646. The molecule has 1 aromatic carbocycles. The van der Waals surface area contributed by atoms with Crippen LogP contribution in [0.4, 0.5) is 5.69 Å². The lowest BCUT2D eigenvalue weighted by atomic mass is 9.91. The van der Waals surface area contributed by atoms with Crippen molar-refractivity contribution in [1.29, 1.82) is 0 Å². The van der Waals surface area contributed by atoms with Gasteiger partial charge in [0.25, 0.3) is 5.69 Å². The summed E-state index contributed by atoms with van der Waals surface area (Å²) >= 11 is 0. The lowest BCUT2D eigenvalue weighted by Gasteiger charge is -2.20. The van der Waals surface area contributed by atoms with Gasteiger partial charge in [-0.1, -0.05) is 19.1 Å². The van der Waals surface area contributed by atoms with Crippen LogP contribution < -0.4 is 5.43 Å². The number of non-ortho nitro benzene ring substituents is 1. The summed E-state index contributed by atoms with van der Waals surface area (Å²) in [4.78, 5) is 21.5. The van der Waals surface area contributed by atoms with Gasteiger partial charge < -0.3 is 5.11 Å². The third-order valence-corrected chi connectivity index (χ3v) is 3.02. The summed E-state index contributed by atoms with van der Waals surface area (Å²) in [7, 11) is 0. The van der Waals surface area contributed by atoms with Gasteiger partial charge in [-0.25, -0.2) is 4.79 Å². The predicted molar refractivity (Wildman–Crippen MR) is 72.4 cm³/mol. The zero-order chi connectivity index (χ0) is 14.7. The van der Waals surface area contributed by atoms with Crippen molar-refractivity contribution in [3.8, 4) is 0 Å². The van der Waals surface area contributed by atoms with Crippen molar-refractivity contribution in [3.63, 3.8) is 0 Å². The molecular weight excluding hydrogens is 262 g/mol. The highest BCUT2D eigenvalue weighted by Crippen LogP contribution is 2.27. The van der Waals surface area contributed by atoms with Gasteiger partial charge in [0.1, 0.15) is 0 Å². The number of benzene rings is 1. The van der Waals surface area contributed by atoms with Crippen molar-refractivity contribution in [1.82, 2.24) is 5.43 Å². The second-order valence-corrected chi connectivity index (χ2v) is 4.29. The minimum atomic E-state index is -1.15. The molecule has 1 aliphatic heterocycles. The zero-order valence-electron chi connectivity index (χ0n) is 10.7. The van der Waals surface area contributed by atoms with E-state index in [0.717, 1.165) is 5.70 Å². The van der Waals surface area contributed by atoms with E-state index in [1.165, 1.54) is 18.2 Å². The second kappa shape index (κ2) is 5.52. The topological polar surface area (TPSA) is 105 Å². The van der Waals surface area contributed by atoms with Crippen molar-refractivity contribution in [2.75, 3.05) is 0 Å². The number of nitro groups is 1. The summed E-state index contributed by atoms with van der Waals surface area (Å²) < 4.78 is 0. The Morgan fingerprint density at radius 1 is 1.55 bits per heavy atom. The first-order valence-electron chi connectivity index (χ1n) is 6.05. The highest BCUT2D eigenvalue weighted by Gasteiger charge is 2.27. The van der Waals surface area contributed by atoms with Crippen LogP contribution in [0.25, 0.3) is 0 Å². The minimum absolute atomic E-state index is 0.0720. The van der Waals surface area contributed by atoms with Gasteiger partial charge in [-0.15, -0.1) is 0 Å². The number of nitrogens with one attached hydrogen (secondary N) is 1. The first-order chi connectivity index (χ1) is 9.52. The number of nitrogens with zero attached hydrogens (tertiary/aromatic N) is 2. The van der Waals surface area contributed by atoms with Gasteiger partial charge in [-0.2, -0.15) is 5.10 Å². The fourth-order valence-electron chi connectivity index (χ4n) is 1.98. The number of rotatable bonds is 4. The molecule has 7 heteroatoms. The Morgan fingerprint density at radius 3 is 2.90 bits per heavy atom. The van der Waals surface area contributed by atoms with E-state index in [0.29, 0.717) is 12.0 Å². The second-order valence-electron chi connectivity index (χ2n) is 4.29. The maximum absolute atomic E-state index is 11.2. The number of hydrogen-bond acceptors (Lipinski definition) is 5. The van der Waals surface area contributed by atoms with E-state index in [1.807, 2.05) is 6.92 Å². The SMILES string of the molecule is CCC1=CC(c2cccc([N+](=O)[O-])c2)C(C(=O)O)=NN1. The molecule has 0 radical (unpaired) electrons. The normalized spacial score (nSPS) is 17.8. The third-order valence-electron chi connectivity index (χ3n) is 3.02. The van der Waals surface area contributed by atoms with Crippen LogP contribution in [0.1, 0.15) is 24.8 Å². The molecule has 104 valence electrons. The number of hydrazone groups is 1. The summed E-state index contributed by atoms with van der Waals surface area (Å²) in [6.07, 6.45) is 2.40. The number of allylic oxidation sites excluding steroid dienone is 2. The Kier molecular flexibility index (Phi) is 3.79. The summed E-state index contributed by atoms with van der Waals surface area (Å²) in [6, 6.07) is 5.94. The first-order valence-corrected chi connectivity index (χ1v) is 6.05. The van der Waals surface area contributed by atoms with Gasteiger partial charge in [-0.3, -0.25) is 15.5 Å². The van der Waals surface area contributed by atoms with Crippen LogP contribution in [0, 0.1) is 10.1 Å². The van der Waals surface area contributed by atoms with E-state index in [-0.39, 0.29) is 11.4 Å². The van der Waals surface area contributed by atoms with Crippen LogP contribution in [0.5, 0.6) is 0 Å². The van der Waals surface area contributed by atoms with Crippen molar-refractivity contribution in [3.05, 3.63) is 51.7 Å². The van der Waals surface area contributed by atoms with E-state index >= 15 is 0 Å². The number of carboxylic acids is 1. The van der Waals surface area contributed by atoms with Crippen molar-refractivity contribution in [2.45, 2.75) is 19.3 Å². The highest BCUT2D eigenvalue weighted by atomic mass is 16.6. The minimum Gasteiger partial charge on any atom is -0.477 e. The molecule has 0 fully saturated rings. The molecule has 2 N–H and O–H groups in total. The molecule has 0 spiro atoms. The number of carbonyl (C=O) groups is 1. The molecular formula is C13H13N3O4. The van der Waals surface area contributed by atoms with Crippen LogP contribution in [0.3, 0.4) is 0 Å². The zero-order valence-corrected chi connectivity index (χ0v) is 10.7. The van der Waals surface area contributed by atoms with Gasteiger partial charge in [0.2, 0.25) is 0 Å². The first kappa shape index (κ1) is 13.7. The molecule has 0 aliphatic carbocycles. The molecule has 20 heavy (non-hydrogen) atoms. The number of hydrogen-bond donors (Lipinski definition) is 2. The average molecular weight is 275 g/mol. The van der Waals surface area contributed by atoms with Crippen LogP contribution >= 0.6 is 0 Å². The van der Waals surface area contributed by atoms with E-state index in [4.69, 9.17) is 0 Å². The molecule has 0 aromatic heterocycles. The standard InChI is InChI=1S/C13H13N3O4/c1-2-9-7-11(12(13(17)18)15-14-9)8-4-3-5-10(6-8)16(19)20/h3-7,11,14H,2H2,1H3,(H,17,18). The maximum atomic E-state index is 11.2. The van der Waals surface area contributed by atoms with Crippen LogP contribution in [0.2, 0.25) is 0 Å². The van der Waals surface area contributed by atoms with Gasteiger partial charge in [-0.05, 0) is 18.1 Å². The number of aliphatic carboxylic acids is 1. The molecule has 1 atom stereocenters. The molecule has 1 aromatic rings. The Morgan fingerprint density at radius 2 is 2.30 bits per heavy atom.